The van der Waals surface area contributed by atoms with Crippen molar-refractivity contribution in [1.82, 2.24) is 24.8 Å². The SMILES string of the molecule is C=CNC(=O)c1c(O)c2cc(-c3ccncc3)cnc2n(CCN2CCOCC2)c1=O. The van der Waals surface area contributed by atoms with E-state index in [4.69, 9.17) is 4.74 Å². The minimum atomic E-state index is -0.714. The zero-order valence-corrected chi connectivity index (χ0v) is 17.0. The van der Waals surface area contributed by atoms with E-state index in [1.165, 1.54) is 10.8 Å². The molecule has 1 aliphatic heterocycles. The summed E-state index contributed by atoms with van der Waals surface area (Å²) in [5.41, 5.74) is 0.985. The number of pyridine rings is 3. The topological polar surface area (TPSA) is 110 Å². The summed E-state index contributed by atoms with van der Waals surface area (Å²) in [5.74, 6) is -1.11. The van der Waals surface area contributed by atoms with Gasteiger partial charge in [-0.05, 0) is 30.0 Å². The van der Waals surface area contributed by atoms with Gasteiger partial charge in [0.15, 0.2) is 0 Å². The monoisotopic (exact) mass is 421 g/mol. The smallest absolute Gasteiger partial charge is 0.268 e. The molecule has 9 nitrogen and oxygen atoms in total. The number of ether oxygens (including phenoxy) is 1. The van der Waals surface area contributed by atoms with Crippen LogP contribution < -0.4 is 10.9 Å². The quantitative estimate of drug-likeness (QED) is 0.619. The molecule has 0 saturated carbocycles. The fourth-order valence-electron chi connectivity index (χ4n) is 3.66. The van der Waals surface area contributed by atoms with Crippen LogP contribution in [0.15, 0.2) is 54.4 Å². The lowest BCUT2D eigenvalue weighted by molar-refractivity contribution is 0.0364. The lowest BCUT2D eigenvalue weighted by atomic mass is 10.1. The van der Waals surface area contributed by atoms with Gasteiger partial charge in [0.25, 0.3) is 11.5 Å². The molecular weight excluding hydrogens is 398 g/mol. The molecule has 0 aliphatic carbocycles. The van der Waals surface area contributed by atoms with Crippen LogP contribution in [-0.4, -0.2) is 63.3 Å². The van der Waals surface area contributed by atoms with Crippen molar-refractivity contribution in [1.29, 1.82) is 0 Å². The Bertz CT molecular complexity index is 1170. The maximum atomic E-state index is 13.2. The Hall–Kier alpha value is -3.56. The average molecular weight is 421 g/mol. The minimum Gasteiger partial charge on any atom is -0.506 e. The Kier molecular flexibility index (Phi) is 6.06. The number of nitrogens with zero attached hydrogens (tertiary/aromatic N) is 4. The van der Waals surface area contributed by atoms with Crippen LogP contribution in [0, 0.1) is 0 Å². The van der Waals surface area contributed by atoms with E-state index in [2.05, 4.69) is 26.8 Å². The van der Waals surface area contributed by atoms with Crippen molar-refractivity contribution in [2.45, 2.75) is 6.54 Å². The highest BCUT2D eigenvalue weighted by Crippen LogP contribution is 2.29. The van der Waals surface area contributed by atoms with Crippen molar-refractivity contribution in [3.63, 3.8) is 0 Å². The summed E-state index contributed by atoms with van der Waals surface area (Å²) in [6, 6.07) is 5.36. The van der Waals surface area contributed by atoms with Crippen molar-refractivity contribution in [3.8, 4) is 16.9 Å². The van der Waals surface area contributed by atoms with Crippen LogP contribution in [0.4, 0.5) is 0 Å². The fourth-order valence-corrected chi connectivity index (χ4v) is 3.66. The van der Waals surface area contributed by atoms with Crippen molar-refractivity contribution in [2.24, 2.45) is 0 Å². The van der Waals surface area contributed by atoms with Gasteiger partial charge in [0.05, 0.1) is 18.6 Å². The Labute approximate surface area is 178 Å². The predicted molar refractivity (Wildman–Crippen MR) is 116 cm³/mol. The fraction of sp³-hybridized carbons (Fsp3) is 0.273. The molecule has 2 N–H and O–H groups in total. The number of morpholine rings is 1. The molecule has 4 heterocycles. The first-order valence-corrected chi connectivity index (χ1v) is 9.98. The average Bonchev–Trinajstić information content (AvgIpc) is 2.80. The van der Waals surface area contributed by atoms with Gasteiger partial charge in [-0.3, -0.25) is 24.0 Å². The molecular formula is C22H23N5O4. The Morgan fingerprint density at radius 1 is 1.23 bits per heavy atom. The molecule has 1 amide bonds. The van der Waals surface area contributed by atoms with Gasteiger partial charge in [0.2, 0.25) is 0 Å². The van der Waals surface area contributed by atoms with E-state index in [0.717, 1.165) is 24.2 Å². The normalized spacial score (nSPS) is 14.5. The van der Waals surface area contributed by atoms with Crippen LogP contribution in [0.2, 0.25) is 0 Å². The molecule has 1 saturated heterocycles. The van der Waals surface area contributed by atoms with Crippen molar-refractivity contribution < 1.29 is 14.6 Å². The number of aromatic nitrogens is 3. The molecule has 0 atom stereocenters. The first kappa shape index (κ1) is 20.7. The Morgan fingerprint density at radius 2 is 1.97 bits per heavy atom. The highest BCUT2D eigenvalue weighted by atomic mass is 16.5. The van der Waals surface area contributed by atoms with E-state index < -0.39 is 17.2 Å². The lowest BCUT2D eigenvalue weighted by Crippen LogP contribution is -2.40. The second kappa shape index (κ2) is 9.07. The van der Waals surface area contributed by atoms with Crippen LogP contribution in [0.1, 0.15) is 10.4 Å². The zero-order chi connectivity index (χ0) is 21.8. The summed E-state index contributed by atoms with van der Waals surface area (Å²) < 4.78 is 6.82. The number of hydrogen-bond acceptors (Lipinski definition) is 7. The Balaban J connectivity index is 1.84. The number of carbonyl (C=O) groups is 1. The van der Waals surface area contributed by atoms with E-state index in [9.17, 15) is 14.7 Å². The third kappa shape index (κ3) is 4.18. The van der Waals surface area contributed by atoms with E-state index in [1.54, 1.807) is 24.7 Å². The molecule has 1 fully saturated rings. The summed E-state index contributed by atoms with van der Waals surface area (Å²) in [7, 11) is 0. The number of hydrogen-bond donors (Lipinski definition) is 2. The summed E-state index contributed by atoms with van der Waals surface area (Å²) >= 11 is 0. The third-order valence-electron chi connectivity index (χ3n) is 5.29. The largest absolute Gasteiger partial charge is 0.506 e. The third-order valence-corrected chi connectivity index (χ3v) is 5.29. The van der Waals surface area contributed by atoms with Gasteiger partial charge in [-0.15, -0.1) is 0 Å². The Morgan fingerprint density at radius 3 is 2.68 bits per heavy atom. The summed E-state index contributed by atoms with van der Waals surface area (Å²) in [6.45, 7) is 7.22. The summed E-state index contributed by atoms with van der Waals surface area (Å²) in [6.07, 6.45) is 6.14. The van der Waals surface area contributed by atoms with Crippen molar-refractivity contribution in [3.05, 3.63) is 65.5 Å². The molecule has 4 rings (SSSR count). The molecule has 31 heavy (non-hydrogen) atoms. The lowest BCUT2D eigenvalue weighted by Gasteiger charge is -2.27. The number of rotatable bonds is 6. The molecule has 1 aliphatic rings. The number of carbonyl (C=O) groups excluding carboxylic acids is 1. The van der Waals surface area contributed by atoms with Crippen molar-refractivity contribution in [2.75, 3.05) is 32.8 Å². The zero-order valence-electron chi connectivity index (χ0n) is 17.0. The standard InChI is InChI=1S/C22H23N5O4/c1-2-24-21(29)18-19(28)17-13-16(15-3-5-23-6-4-15)14-25-20(17)27(22(18)30)8-7-26-9-11-31-12-10-26/h2-6,13-14,28H,1,7-12H2,(H,24,29). The van der Waals surface area contributed by atoms with Gasteiger partial charge in [-0.1, -0.05) is 6.58 Å². The second-order valence-electron chi connectivity index (χ2n) is 7.14. The first-order chi connectivity index (χ1) is 15.1. The van der Waals surface area contributed by atoms with E-state index >= 15 is 0 Å². The van der Waals surface area contributed by atoms with Gasteiger partial charge >= 0.3 is 0 Å². The number of aromatic hydroxyl groups is 1. The molecule has 3 aromatic heterocycles. The maximum Gasteiger partial charge on any atom is 0.268 e. The van der Waals surface area contributed by atoms with E-state index in [-0.39, 0.29) is 5.56 Å². The van der Waals surface area contributed by atoms with Crippen LogP contribution >= 0.6 is 0 Å². The van der Waals surface area contributed by atoms with Crippen LogP contribution in [0.3, 0.4) is 0 Å². The highest BCUT2D eigenvalue weighted by molar-refractivity contribution is 6.02. The predicted octanol–water partition coefficient (Wildman–Crippen LogP) is 1.37. The maximum absolute atomic E-state index is 13.2. The summed E-state index contributed by atoms with van der Waals surface area (Å²) in [4.78, 5) is 36.4. The second-order valence-corrected chi connectivity index (χ2v) is 7.14. The summed E-state index contributed by atoms with van der Waals surface area (Å²) in [5, 5.41) is 13.6. The molecule has 160 valence electrons. The number of fused-ring (bicyclic) bond motifs is 1. The van der Waals surface area contributed by atoms with Crippen LogP contribution in [-0.2, 0) is 11.3 Å². The van der Waals surface area contributed by atoms with Gasteiger partial charge in [-0.2, -0.15) is 0 Å². The highest BCUT2D eigenvalue weighted by Gasteiger charge is 2.23. The molecule has 0 aromatic carbocycles. The van der Waals surface area contributed by atoms with Gasteiger partial charge in [0.1, 0.15) is 17.0 Å². The van der Waals surface area contributed by atoms with E-state index in [0.29, 0.717) is 37.3 Å². The first-order valence-electron chi connectivity index (χ1n) is 9.98. The molecule has 0 unspecified atom stereocenters. The van der Waals surface area contributed by atoms with Gasteiger partial charge in [-0.25, -0.2) is 4.98 Å². The van der Waals surface area contributed by atoms with Crippen LogP contribution in [0.5, 0.6) is 5.75 Å². The number of amides is 1. The van der Waals surface area contributed by atoms with Gasteiger partial charge in [0, 0.05) is 50.3 Å². The molecule has 9 heteroatoms. The molecule has 3 aromatic rings. The van der Waals surface area contributed by atoms with E-state index in [1.807, 2.05) is 12.1 Å². The molecule has 0 spiro atoms. The van der Waals surface area contributed by atoms with Gasteiger partial charge < -0.3 is 15.2 Å². The van der Waals surface area contributed by atoms with Crippen molar-refractivity contribution >= 4 is 16.9 Å². The molecule has 0 radical (unpaired) electrons. The number of nitrogens with one attached hydrogen (secondary N) is 1. The van der Waals surface area contributed by atoms with Crippen LogP contribution in [0.25, 0.3) is 22.2 Å². The molecule has 0 bridgehead atoms. The minimum absolute atomic E-state index is 0.323.